The van der Waals surface area contributed by atoms with Crippen molar-refractivity contribution in [2.75, 3.05) is 0 Å². The summed E-state index contributed by atoms with van der Waals surface area (Å²) in [5.74, 6) is 3.54. The van der Waals surface area contributed by atoms with Crippen LogP contribution in [0.1, 0.15) is 53.9 Å². The standard InChI is InChI=1S/C14H26/c1-10(2)13(5)12(4)9-14-7-6-11(3)8-14/h6,10,12-14H,7-9H2,1-5H3. The lowest BCUT2D eigenvalue weighted by Gasteiger charge is -2.26. The van der Waals surface area contributed by atoms with Gasteiger partial charge in [0.1, 0.15) is 0 Å². The minimum atomic E-state index is 0.834. The molecule has 0 saturated heterocycles. The lowest BCUT2D eigenvalue weighted by atomic mass is 9.80. The summed E-state index contributed by atoms with van der Waals surface area (Å²) in [6.45, 7) is 11.8. The molecule has 0 saturated carbocycles. The Bertz CT molecular complexity index is 200. The molecule has 0 N–H and O–H groups in total. The van der Waals surface area contributed by atoms with Crippen molar-refractivity contribution in [1.29, 1.82) is 0 Å². The highest BCUT2D eigenvalue weighted by Gasteiger charge is 2.22. The van der Waals surface area contributed by atoms with Crippen LogP contribution in [0.25, 0.3) is 0 Å². The molecule has 0 heterocycles. The Balaban J connectivity index is 2.31. The van der Waals surface area contributed by atoms with Crippen LogP contribution in [0.4, 0.5) is 0 Å². The Hall–Kier alpha value is -0.260. The molecule has 1 rings (SSSR count). The quantitative estimate of drug-likeness (QED) is 0.571. The molecule has 0 radical (unpaired) electrons. The van der Waals surface area contributed by atoms with Crippen molar-refractivity contribution in [2.45, 2.75) is 53.9 Å². The van der Waals surface area contributed by atoms with E-state index in [0.29, 0.717) is 0 Å². The molecule has 14 heavy (non-hydrogen) atoms. The first kappa shape index (κ1) is 11.8. The summed E-state index contributed by atoms with van der Waals surface area (Å²) >= 11 is 0. The molecule has 0 fully saturated rings. The first-order valence-electron chi connectivity index (χ1n) is 6.16. The Kier molecular flexibility index (Phi) is 4.22. The third-order valence-corrected chi connectivity index (χ3v) is 4.06. The van der Waals surface area contributed by atoms with Crippen LogP contribution in [0.3, 0.4) is 0 Å². The van der Waals surface area contributed by atoms with E-state index in [1.54, 1.807) is 5.57 Å². The maximum Gasteiger partial charge on any atom is -0.0292 e. The van der Waals surface area contributed by atoms with Gasteiger partial charge in [0.15, 0.2) is 0 Å². The zero-order valence-electron chi connectivity index (χ0n) is 10.5. The van der Waals surface area contributed by atoms with Gasteiger partial charge >= 0.3 is 0 Å². The fourth-order valence-corrected chi connectivity index (χ4v) is 2.57. The lowest BCUT2D eigenvalue weighted by molar-refractivity contribution is 0.249. The molecule has 0 spiro atoms. The maximum absolute atomic E-state index is 2.43. The molecule has 0 aromatic carbocycles. The van der Waals surface area contributed by atoms with Crippen LogP contribution in [0.15, 0.2) is 11.6 Å². The zero-order chi connectivity index (χ0) is 10.7. The summed E-state index contributed by atoms with van der Waals surface area (Å²) in [5, 5.41) is 0. The van der Waals surface area contributed by atoms with Gasteiger partial charge in [0, 0.05) is 0 Å². The number of allylic oxidation sites excluding steroid dienone is 2. The van der Waals surface area contributed by atoms with Crippen molar-refractivity contribution < 1.29 is 0 Å². The van der Waals surface area contributed by atoms with E-state index in [0.717, 1.165) is 23.7 Å². The zero-order valence-corrected chi connectivity index (χ0v) is 10.5. The van der Waals surface area contributed by atoms with Crippen molar-refractivity contribution in [2.24, 2.45) is 23.7 Å². The Morgan fingerprint density at radius 2 is 1.93 bits per heavy atom. The van der Waals surface area contributed by atoms with Gasteiger partial charge < -0.3 is 0 Å². The Labute approximate surface area is 89.8 Å². The Morgan fingerprint density at radius 1 is 1.29 bits per heavy atom. The summed E-state index contributed by atoms with van der Waals surface area (Å²) in [5.41, 5.74) is 1.61. The fourth-order valence-electron chi connectivity index (χ4n) is 2.57. The molecular weight excluding hydrogens is 168 g/mol. The smallest absolute Gasteiger partial charge is 0.0292 e. The molecule has 1 aliphatic rings. The highest BCUT2D eigenvalue weighted by Crippen LogP contribution is 2.33. The van der Waals surface area contributed by atoms with E-state index in [2.05, 4.69) is 40.7 Å². The van der Waals surface area contributed by atoms with E-state index in [9.17, 15) is 0 Å². The predicted octanol–water partition coefficient (Wildman–Crippen LogP) is 4.66. The van der Waals surface area contributed by atoms with Gasteiger partial charge in [-0.2, -0.15) is 0 Å². The largest absolute Gasteiger partial charge is 0.0853 e. The molecule has 0 heteroatoms. The average Bonchev–Trinajstić information content (AvgIpc) is 2.49. The molecule has 0 amide bonds. The van der Waals surface area contributed by atoms with Gasteiger partial charge in [-0.3, -0.25) is 0 Å². The van der Waals surface area contributed by atoms with E-state index in [1.807, 2.05) is 0 Å². The molecule has 0 aliphatic heterocycles. The summed E-state index contributed by atoms with van der Waals surface area (Å²) in [4.78, 5) is 0. The van der Waals surface area contributed by atoms with Gasteiger partial charge in [0.05, 0.1) is 0 Å². The van der Waals surface area contributed by atoms with Crippen LogP contribution in [-0.2, 0) is 0 Å². The van der Waals surface area contributed by atoms with Gasteiger partial charge in [-0.05, 0) is 49.9 Å². The third-order valence-electron chi connectivity index (χ3n) is 4.06. The van der Waals surface area contributed by atoms with Crippen molar-refractivity contribution >= 4 is 0 Å². The first-order valence-corrected chi connectivity index (χ1v) is 6.16. The molecular formula is C14H26. The number of hydrogen-bond acceptors (Lipinski definition) is 0. The first-order chi connectivity index (χ1) is 6.50. The topological polar surface area (TPSA) is 0 Å². The van der Waals surface area contributed by atoms with Gasteiger partial charge in [-0.1, -0.05) is 39.3 Å². The monoisotopic (exact) mass is 194 g/mol. The van der Waals surface area contributed by atoms with Crippen LogP contribution < -0.4 is 0 Å². The summed E-state index contributed by atoms with van der Waals surface area (Å²) in [6, 6.07) is 0. The normalized spacial score (nSPS) is 26.4. The second kappa shape index (κ2) is 5.00. The van der Waals surface area contributed by atoms with E-state index in [-0.39, 0.29) is 0 Å². The van der Waals surface area contributed by atoms with Crippen LogP contribution >= 0.6 is 0 Å². The van der Waals surface area contributed by atoms with Crippen LogP contribution in [0, 0.1) is 23.7 Å². The molecule has 3 atom stereocenters. The van der Waals surface area contributed by atoms with Gasteiger partial charge in [-0.15, -0.1) is 0 Å². The SMILES string of the molecule is CC1=CCC(CC(C)C(C)C(C)C)C1. The van der Waals surface area contributed by atoms with Gasteiger partial charge in [0.2, 0.25) is 0 Å². The van der Waals surface area contributed by atoms with E-state index in [4.69, 9.17) is 0 Å². The molecule has 82 valence electrons. The molecule has 1 aliphatic carbocycles. The second-order valence-corrected chi connectivity index (χ2v) is 5.67. The summed E-state index contributed by atoms with van der Waals surface area (Å²) in [7, 11) is 0. The molecule has 0 nitrogen and oxygen atoms in total. The van der Waals surface area contributed by atoms with Gasteiger partial charge in [0.25, 0.3) is 0 Å². The third kappa shape index (κ3) is 3.15. The van der Waals surface area contributed by atoms with E-state index >= 15 is 0 Å². The molecule has 0 aromatic heterocycles. The van der Waals surface area contributed by atoms with Crippen LogP contribution in [0.2, 0.25) is 0 Å². The van der Waals surface area contributed by atoms with Crippen molar-refractivity contribution in [3.05, 3.63) is 11.6 Å². The number of hydrogen-bond donors (Lipinski definition) is 0. The molecule has 0 bridgehead atoms. The fraction of sp³-hybridized carbons (Fsp3) is 0.857. The van der Waals surface area contributed by atoms with E-state index < -0.39 is 0 Å². The lowest BCUT2D eigenvalue weighted by Crippen LogP contribution is -2.17. The summed E-state index contributed by atoms with van der Waals surface area (Å²) in [6.07, 6.45) is 6.54. The van der Waals surface area contributed by atoms with E-state index in [1.165, 1.54) is 19.3 Å². The van der Waals surface area contributed by atoms with Crippen molar-refractivity contribution in [1.82, 2.24) is 0 Å². The predicted molar refractivity (Wildman–Crippen MR) is 64.3 cm³/mol. The second-order valence-electron chi connectivity index (χ2n) is 5.67. The van der Waals surface area contributed by atoms with Crippen molar-refractivity contribution in [3.8, 4) is 0 Å². The van der Waals surface area contributed by atoms with Gasteiger partial charge in [-0.25, -0.2) is 0 Å². The molecule has 3 unspecified atom stereocenters. The van der Waals surface area contributed by atoms with Crippen LogP contribution in [-0.4, -0.2) is 0 Å². The highest BCUT2D eigenvalue weighted by atomic mass is 14.3. The summed E-state index contributed by atoms with van der Waals surface area (Å²) < 4.78 is 0. The van der Waals surface area contributed by atoms with Crippen LogP contribution in [0.5, 0.6) is 0 Å². The maximum atomic E-state index is 2.43. The average molecular weight is 194 g/mol. The molecule has 0 aromatic rings. The highest BCUT2D eigenvalue weighted by molar-refractivity contribution is 5.06. The minimum Gasteiger partial charge on any atom is -0.0853 e. The Morgan fingerprint density at radius 3 is 2.36 bits per heavy atom. The van der Waals surface area contributed by atoms with Crippen molar-refractivity contribution in [3.63, 3.8) is 0 Å². The number of rotatable bonds is 4. The minimum absolute atomic E-state index is 0.834.